The first-order valence-electron chi connectivity index (χ1n) is 12.7. The molecule has 2 N–H and O–H groups in total. The van der Waals surface area contributed by atoms with Gasteiger partial charge >= 0.3 is 12.6 Å². The van der Waals surface area contributed by atoms with Crippen LogP contribution in [0.2, 0.25) is 0 Å². The Morgan fingerprint density at radius 3 is 2.42 bits per heavy atom. The minimum absolute atomic E-state index is 0.0196. The number of rotatable bonds is 7. The lowest BCUT2D eigenvalue weighted by atomic mass is 9.99. The molecule has 3 heterocycles. The Bertz CT molecular complexity index is 1310. The second kappa shape index (κ2) is 9.95. The molecule has 3 aromatic rings. The number of halogens is 3. The van der Waals surface area contributed by atoms with Gasteiger partial charge < -0.3 is 29.4 Å². The number of piperidine rings is 1. The largest absolute Gasteiger partial charge is 0.417 e. The summed E-state index contributed by atoms with van der Waals surface area (Å²) in [6.07, 6.45) is -2.18. The normalized spacial score (nSPS) is 20.3. The molecule has 1 aliphatic carbocycles. The van der Waals surface area contributed by atoms with Crippen molar-refractivity contribution < 1.29 is 32.4 Å². The van der Waals surface area contributed by atoms with Crippen molar-refractivity contribution in [2.45, 2.75) is 56.9 Å². The SMILES string of the molecule is OC1NC(c2ccc(N3CCC(OCc4c(-c5ccccc5C(F)(F)F)noc4C4CC4)CC3)cc2)=NO1. The number of aliphatic hydroxyl groups excluding tert-OH is 1. The number of alkyl halides is 3. The van der Waals surface area contributed by atoms with Crippen LogP contribution in [-0.2, 0) is 22.4 Å². The van der Waals surface area contributed by atoms with E-state index in [1.54, 1.807) is 6.07 Å². The van der Waals surface area contributed by atoms with Crippen molar-refractivity contribution in [3.63, 3.8) is 0 Å². The highest BCUT2D eigenvalue weighted by molar-refractivity contribution is 5.99. The molecule has 1 saturated heterocycles. The first-order chi connectivity index (χ1) is 18.4. The Labute approximate surface area is 217 Å². The maximum Gasteiger partial charge on any atom is 0.417 e. The maximum absolute atomic E-state index is 13.7. The number of anilines is 1. The van der Waals surface area contributed by atoms with E-state index in [0.29, 0.717) is 17.2 Å². The third-order valence-corrected chi connectivity index (χ3v) is 7.17. The van der Waals surface area contributed by atoms with Crippen molar-refractivity contribution in [1.29, 1.82) is 0 Å². The van der Waals surface area contributed by atoms with Crippen LogP contribution in [0, 0.1) is 0 Å². The van der Waals surface area contributed by atoms with Gasteiger partial charge in [0.15, 0.2) is 5.84 Å². The predicted molar refractivity (Wildman–Crippen MR) is 132 cm³/mol. The van der Waals surface area contributed by atoms with Crippen LogP contribution in [0.3, 0.4) is 0 Å². The standard InChI is InChI=1S/C27H27F3N4O4/c28-27(29,30)22-4-2-1-3-20(22)23-21(24(37-32-23)16-5-6-16)15-36-19-11-13-34(14-12-19)18-9-7-17(8-10-18)25-31-26(35)38-33-25/h1-4,7-10,16,19,26,35H,5-6,11-15H2,(H,31,33). The molecule has 0 spiro atoms. The predicted octanol–water partition coefficient (Wildman–Crippen LogP) is 4.98. The molecular weight excluding hydrogens is 501 g/mol. The fourth-order valence-corrected chi connectivity index (χ4v) is 5.00. The van der Waals surface area contributed by atoms with Gasteiger partial charge in [0.05, 0.1) is 18.3 Å². The smallest absolute Gasteiger partial charge is 0.373 e. The number of ether oxygens (including phenoxy) is 1. The summed E-state index contributed by atoms with van der Waals surface area (Å²) in [6.45, 7) is 1.74. The number of aromatic nitrogens is 1. The lowest BCUT2D eigenvalue weighted by Crippen LogP contribution is -2.37. The first kappa shape index (κ1) is 24.7. The van der Waals surface area contributed by atoms with Crippen molar-refractivity contribution in [1.82, 2.24) is 10.5 Å². The van der Waals surface area contributed by atoms with Gasteiger partial charge in [-0.05, 0) is 56.0 Å². The molecule has 0 bridgehead atoms. The Balaban J connectivity index is 1.11. The number of nitrogens with one attached hydrogen (secondary N) is 1. The van der Waals surface area contributed by atoms with Gasteiger partial charge in [0.2, 0.25) is 0 Å². The number of aliphatic hydroxyl groups is 1. The molecule has 38 heavy (non-hydrogen) atoms. The van der Waals surface area contributed by atoms with E-state index in [2.05, 4.69) is 20.5 Å². The fraction of sp³-hybridized carbons (Fsp3) is 0.407. The summed E-state index contributed by atoms with van der Waals surface area (Å²) < 4.78 is 52.9. The molecule has 1 saturated carbocycles. The minimum atomic E-state index is -4.49. The van der Waals surface area contributed by atoms with E-state index in [1.807, 2.05) is 24.3 Å². The summed E-state index contributed by atoms with van der Waals surface area (Å²) >= 11 is 0. The monoisotopic (exact) mass is 528 g/mol. The zero-order valence-corrected chi connectivity index (χ0v) is 20.4. The Hall–Kier alpha value is -3.57. The highest BCUT2D eigenvalue weighted by atomic mass is 19.4. The molecular formula is C27H27F3N4O4. The summed E-state index contributed by atoms with van der Waals surface area (Å²) in [5.41, 5.74) is 2.01. The van der Waals surface area contributed by atoms with Gasteiger partial charge in [-0.2, -0.15) is 13.2 Å². The second-order valence-corrected chi connectivity index (χ2v) is 9.78. The van der Waals surface area contributed by atoms with Crippen LogP contribution in [0.4, 0.5) is 18.9 Å². The van der Waals surface area contributed by atoms with Gasteiger partial charge in [-0.25, -0.2) is 0 Å². The van der Waals surface area contributed by atoms with Gasteiger partial charge in [-0.3, -0.25) is 0 Å². The van der Waals surface area contributed by atoms with E-state index in [1.165, 1.54) is 12.1 Å². The van der Waals surface area contributed by atoms with E-state index in [4.69, 9.17) is 14.1 Å². The van der Waals surface area contributed by atoms with Crippen molar-refractivity contribution in [3.05, 3.63) is 71.0 Å². The Kier molecular flexibility index (Phi) is 6.48. The van der Waals surface area contributed by atoms with Crippen molar-refractivity contribution >= 4 is 11.5 Å². The molecule has 2 aromatic carbocycles. The number of nitrogens with zero attached hydrogens (tertiary/aromatic N) is 3. The Morgan fingerprint density at radius 2 is 1.76 bits per heavy atom. The lowest BCUT2D eigenvalue weighted by Gasteiger charge is -2.33. The van der Waals surface area contributed by atoms with E-state index in [0.717, 1.165) is 56.1 Å². The van der Waals surface area contributed by atoms with Crippen LogP contribution in [0.5, 0.6) is 0 Å². The lowest BCUT2D eigenvalue weighted by molar-refractivity contribution is -0.137. The second-order valence-electron chi connectivity index (χ2n) is 9.78. The highest BCUT2D eigenvalue weighted by Gasteiger charge is 2.37. The third kappa shape index (κ3) is 5.08. The maximum atomic E-state index is 13.7. The van der Waals surface area contributed by atoms with Crippen LogP contribution >= 0.6 is 0 Å². The van der Waals surface area contributed by atoms with Crippen LogP contribution in [0.1, 0.15) is 54.1 Å². The molecule has 11 heteroatoms. The average Bonchev–Trinajstić information content (AvgIpc) is 3.53. The molecule has 1 unspecified atom stereocenters. The van der Waals surface area contributed by atoms with Crippen molar-refractivity contribution in [2.24, 2.45) is 5.16 Å². The first-order valence-corrected chi connectivity index (χ1v) is 12.7. The van der Waals surface area contributed by atoms with Gasteiger partial charge in [0.1, 0.15) is 11.5 Å². The molecule has 200 valence electrons. The van der Waals surface area contributed by atoms with E-state index >= 15 is 0 Å². The van der Waals surface area contributed by atoms with E-state index < -0.39 is 18.2 Å². The molecule has 1 aromatic heterocycles. The van der Waals surface area contributed by atoms with Crippen LogP contribution in [0.25, 0.3) is 11.3 Å². The van der Waals surface area contributed by atoms with Gasteiger partial charge in [0, 0.05) is 41.4 Å². The molecule has 1 atom stereocenters. The molecule has 2 aliphatic heterocycles. The quantitative estimate of drug-likeness (QED) is 0.447. The van der Waals surface area contributed by atoms with Crippen LogP contribution < -0.4 is 10.2 Å². The van der Waals surface area contributed by atoms with Gasteiger partial charge in [-0.1, -0.05) is 28.5 Å². The van der Waals surface area contributed by atoms with Crippen LogP contribution in [0.15, 0.2) is 58.2 Å². The van der Waals surface area contributed by atoms with Crippen molar-refractivity contribution in [3.8, 4) is 11.3 Å². The number of hydrogen-bond donors (Lipinski definition) is 2. The number of hydrogen-bond acceptors (Lipinski definition) is 8. The summed E-state index contributed by atoms with van der Waals surface area (Å²) in [5, 5.41) is 20.0. The van der Waals surface area contributed by atoms with E-state index in [-0.39, 0.29) is 29.9 Å². The number of benzene rings is 2. The number of oxime groups is 1. The van der Waals surface area contributed by atoms with Gasteiger partial charge in [0.25, 0.3) is 0 Å². The topological polar surface area (TPSA) is 92.4 Å². The summed E-state index contributed by atoms with van der Waals surface area (Å²) in [5.74, 6) is 1.32. The third-order valence-electron chi connectivity index (χ3n) is 7.17. The molecule has 0 radical (unpaired) electrons. The zero-order valence-electron chi connectivity index (χ0n) is 20.4. The van der Waals surface area contributed by atoms with Crippen LogP contribution in [-0.4, -0.2) is 41.7 Å². The molecule has 0 amide bonds. The van der Waals surface area contributed by atoms with Gasteiger partial charge in [-0.15, -0.1) is 0 Å². The van der Waals surface area contributed by atoms with Crippen molar-refractivity contribution in [2.75, 3.05) is 18.0 Å². The molecule has 3 aliphatic rings. The minimum Gasteiger partial charge on any atom is -0.373 e. The summed E-state index contributed by atoms with van der Waals surface area (Å²) in [4.78, 5) is 7.02. The summed E-state index contributed by atoms with van der Waals surface area (Å²) in [6, 6.07) is 13.3. The molecule has 6 rings (SSSR count). The number of amidine groups is 1. The fourth-order valence-electron chi connectivity index (χ4n) is 5.00. The molecule has 2 fully saturated rings. The summed E-state index contributed by atoms with van der Waals surface area (Å²) in [7, 11) is 0. The highest BCUT2D eigenvalue weighted by Crippen LogP contribution is 2.46. The molecule has 8 nitrogen and oxygen atoms in total. The Morgan fingerprint density at radius 1 is 1.03 bits per heavy atom. The van der Waals surface area contributed by atoms with E-state index in [9.17, 15) is 18.3 Å². The average molecular weight is 529 g/mol. The zero-order chi connectivity index (χ0) is 26.3.